The fraction of sp³-hybridized carbons (Fsp3) is 0.500. The summed E-state index contributed by atoms with van der Waals surface area (Å²) in [6.07, 6.45) is -0.539. The quantitative estimate of drug-likeness (QED) is 0.850. The lowest BCUT2D eigenvalue weighted by atomic mass is 10.1. The van der Waals surface area contributed by atoms with Crippen molar-refractivity contribution < 1.29 is 19.0 Å². The van der Waals surface area contributed by atoms with Gasteiger partial charge in [-0.15, -0.1) is 0 Å². The maximum atomic E-state index is 12.7. The first-order valence-electron chi connectivity index (χ1n) is 6.61. The van der Waals surface area contributed by atoms with Crippen LogP contribution in [0.2, 0.25) is 0 Å². The molecule has 2 amide bonds. The number of ether oxygens (including phenoxy) is 1. The second kappa shape index (κ2) is 6.67. The fourth-order valence-electron chi connectivity index (χ4n) is 1.85. The summed E-state index contributed by atoms with van der Waals surface area (Å²) in [5.74, 6) is -0.265. The van der Waals surface area contributed by atoms with Gasteiger partial charge in [0.25, 0.3) is 0 Å². The first-order chi connectivity index (χ1) is 9.54. The molecule has 0 radical (unpaired) electrons. The Kier molecular flexibility index (Phi) is 4.92. The normalized spacial score (nSPS) is 16.6. The van der Waals surface area contributed by atoms with Crippen LogP contribution in [0, 0.1) is 5.82 Å². The highest BCUT2D eigenvalue weighted by Gasteiger charge is 2.31. The lowest BCUT2D eigenvalue weighted by Crippen LogP contribution is -2.58. The summed E-state index contributed by atoms with van der Waals surface area (Å²) in [5, 5.41) is 11.7. The zero-order valence-electron chi connectivity index (χ0n) is 11.4. The van der Waals surface area contributed by atoms with Gasteiger partial charge in [0.2, 0.25) is 0 Å². The van der Waals surface area contributed by atoms with E-state index in [9.17, 15) is 9.18 Å². The van der Waals surface area contributed by atoms with Crippen molar-refractivity contribution in [2.24, 2.45) is 0 Å². The van der Waals surface area contributed by atoms with Gasteiger partial charge in [0.1, 0.15) is 5.82 Å². The van der Waals surface area contributed by atoms with E-state index in [0.717, 1.165) is 5.56 Å². The molecule has 1 aliphatic heterocycles. The number of nitrogens with one attached hydrogen (secondary N) is 1. The Labute approximate surface area is 117 Å². The summed E-state index contributed by atoms with van der Waals surface area (Å²) >= 11 is 0. The lowest BCUT2D eigenvalue weighted by molar-refractivity contribution is -0.0444. The van der Waals surface area contributed by atoms with E-state index < -0.39 is 6.10 Å². The highest BCUT2D eigenvalue weighted by atomic mass is 19.1. The van der Waals surface area contributed by atoms with Gasteiger partial charge in [-0.25, -0.2) is 9.18 Å². The smallest absolute Gasteiger partial charge is 0.317 e. The second-order valence-electron chi connectivity index (χ2n) is 5.00. The Hall–Kier alpha value is -1.66. The van der Waals surface area contributed by atoms with Crippen LogP contribution in [0.1, 0.15) is 12.5 Å². The molecule has 2 N–H and O–H groups in total. The van der Waals surface area contributed by atoms with Crippen LogP contribution in [0.5, 0.6) is 0 Å². The predicted molar refractivity (Wildman–Crippen MR) is 71.6 cm³/mol. The van der Waals surface area contributed by atoms with Crippen molar-refractivity contribution in [3.63, 3.8) is 0 Å². The van der Waals surface area contributed by atoms with Crippen molar-refractivity contribution in [3.8, 4) is 0 Å². The molecule has 1 heterocycles. The molecule has 0 bridgehead atoms. The number of aliphatic hydroxyl groups excluding tert-OH is 1. The molecule has 110 valence electrons. The van der Waals surface area contributed by atoms with Gasteiger partial charge in [0.05, 0.1) is 31.9 Å². The van der Waals surface area contributed by atoms with Gasteiger partial charge in [-0.2, -0.15) is 0 Å². The van der Waals surface area contributed by atoms with Gasteiger partial charge in [0, 0.05) is 6.54 Å². The lowest BCUT2D eigenvalue weighted by Gasteiger charge is -2.38. The molecule has 1 aromatic rings. The monoisotopic (exact) mass is 282 g/mol. The highest BCUT2D eigenvalue weighted by molar-refractivity contribution is 5.75. The third-order valence-electron chi connectivity index (χ3n) is 3.08. The van der Waals surface area contributed by atoms with E-state index in [0.29, 0.717) is 19.7 Å². The molecule has 0 aromatic heterocycles. The summed E-state index contributed by atoms with van der Waals surface area (Å²) in [6, 6.07) is 5.97. The summed E-state index contributed by atoms with van der Waals surface area (Å²) in [7, 11) is 0. The Morgan fingerprint density at radius 1 is 1.50 bits per heavy atom. The van der Waals surface area contributed by atoms with Crippen LogP contribution in [0.4, 0.5) is 9.18 Å². The standard InChI is InChI=1S/C14H19FN2O3/c1-10(18)6-16-14(19)17-7-13(8-17)20-9-11-2-4-12(15)5-3-11/h2-5,10,13,18H,6-9H2,1H3,(H,16,19)/t10-/m0/s1. The second-order valence-corrected chi connectivity index (χ2v) is 5.00. The van der Waals surface area contributed by atoms with Crippen LogP contribution in [0.25, 0.3) is 0 Å². The molecule has 1 saturated heterocycles. The number of carbonyl (C=O) groups is 1. The van der Waals surface area contributed by atoms with Gasteiger partial charge in [0.15, 0.2) is 0 Å². The third kappa shape index (κ3) is 4.18. The van der Waals surface area contributed by atoms with Crippen molar-refractivity contribution in [1.29, 1.82) is 0 Å². The van der Waals surface area contributed by atoms with Gasteiger partial charge >= 0.3 is 6.03 Å². The number of benzene rings is 1. The molecule has 0 aliphatic carbocycles. The maximum absolute atomic E-state index is 12.7. The largest absolute Gasteiger partial charge is 0.392 e. The molecule has 20 heavy (non-hydrogen) atoms. The van der Waals surface area contributed by atoms with Gasteiger partial charge in [-0.1, -0.05) is 12.1 Å². The Morgan fingerprint density at radius 2 is 2.15 bits per heavy atom. The molecule has 2 rings (SSSR count). The van der Waals surface area contributed by atoms with Gasteiger partial charge < -0.3 is 20.1 Å². The average Bonchev–Trinajstić information content (AvgIpc) is 2.36. The van der Waals surface area contributed by atoms with Crippen LogP contribution in [0.3, 0.4) is 0 Å². The maximum Gasteiger partial charge on any atom is 0.317 e. The van der Waals surface area contributed by atoms with Crippen LogP contribution >= 0.6 is 0 Å². The van der Waals surface area contributed by atoms with E-state index in [-0.39, 0.29) is 24.5 Å². The van der Waals surface area contributed by atoms with Crippen molar-refractivity contribution >= 4 is 6.03 Å². The van der Waals surface area contributed by atoms with E-state index in [1.54, 1.807) is 24.0 Å². The number of amides is 2. The average molecular weight is 282 g/mol. The number of rotatable bonds is 5. The summed E-state index contributed by atoms with van der Waals surface area (Å²) < 4.78 is 18.3. The molecule has 6 heteroatoms. The van der Waals surface area contributed by atoms with Crippen LogP contribution < -0.4 is 5.32 Å². The van der Waals surface area contributed by atoms with Crippen LogP contribution in [0.15, 0.2) is 24.3 Å². The zero-order valence-corrected chi connectivity index (χ0v) is 11.4. The van der Waals surface area contributed by atoms with Crippen molar-refractivity contribution in [3.05, 3.63) is 35.6 Å². The topological polar surface area (TPSA) is 61.8 Å². The molecular weight excluding hydrogens is 263 g/mol. The molecule has 1 aromatic carbocycles. The van der Waals surface area contributed by atoms with Crippen molar-refractivity contribution in [2.45, 2.75) is 25.7 Å². The van der Waals surface area contributed by atoms with E-state index >= 15 is 0 Å². The third-order valence-corrected chi connectivity index (χ3v) is 3.08. The van der Waals surface area contributed by atoms with E-state index in [1.165, 1.54) is 12.1 Å². The number of nitrogens with zero attached hydrogens (tertiary/aromatic N) is 1. The molecule has 5 nitrogen and oxygen atoms in total. The SMILES string of the molecule is C[C@H](O)CNC(=O)N1CC(OCc2ccc(F)cc2)C1. The fourth-order valence-corrected chi connectivity index (χ4v) is 1.85. The Balaban J connectivity index is 1.64. The minimum atomic E-state index is -0.550. The molecule has 1 atom stereocenters. The summed E-state index contributed by atoms with van der Waals surface area (Å²) in [4.78, 5) is 13.2. The molecule has 0 saturated carbocycles. The number of likely N-dealkylation sites (tertiary alicyclic amines) is 1. The van der Waals surface area contributed by atoms with Crippen LogP contribution in [-0.2, 0) is 11.3 Å². The highest BCUT2D eigenvalue weighted by Crippen LogP contribution is 2.14. The molecule has 0 spiro atoms. The number of hydrogen-bond acceptors (Lipinski definition) is 3. The van der Waals surface area contributed by atoms with Crippen LogP contribution in [-0.4, -0.2) is 47.9 Å². The minimum absolute atomic E-state index is 0.0114. The van der Waals surface area contributed by atoms with Crippen molar-refractivity contribution in [1.82, 2.24) is 10.2 Å². The van der Waals surface area contributed by atoms with Crippen molar-refractivity contribution in [2.75, 3.05) is 19.6 Å². The molecule has 1 aliphatic rings. The molecular formula is C14H19FN2O3. The molecule has 1 fully saturated rings. The van der Waals surface area contributed by atoms with Gasteiger partial charge in [-0.05, 0) is 24.6 Å². The number of halogens is 1. The number of carbonyl (C=O) groups excluding carboxylic acids is 1. The van der Waals surface area contributed by atoms with E-state index in [1.807, 2.05) is 0 Å². The number of aliphatic hydroxyl groups is 1. The first-order valence-corrected chi connectivity index (χ1v) is 6.61. The van der Waals surface area contributed by atoms with E-state index in [4.69, 9.17) is 9.84 Å². The zero-order chi connectivity index (χ0) is 14.5. The Morgan fingerprint density at radius 3 is 2.75 bits per heavy atom. The number of hydrogen-bond donors (Lipinski definition) is 2. The predicted octanol–water partition coefficient (Wildman–Crippen LogP) is 1.12. The number of urea groups is 1. The van der Waals surface area contributed by atoms with E-state index in [2.05, 4.69) is 5.32 Å². The minimum Gasteiger partial charge on any atom is -0.392 e. The summed E-state index contributed by atoms with van der Waals surface area (Å²) in [5.41, 5.74) is 0.906. The summed E-state index contributed by atoms with van der Waals surface area (Å²) in [6.45, 7) is 3.34. The first kappa shape index (κ1) is 14.7. The van der Waals surface area contributed by atoms with Gasteiger partial charge in [-0.3, -0.25) is 0 Å². The Bertz CT molecular complexity index is 444. The molecule has 0 unspecified atom stereocenters.